The molecule has 2 aliphatic rings. The minimum atomic E-state index is -0.291. The molecule has 1 aliphatic carbocycles. The van der Waals surface area contributed by atoms with Gasteiger partial charge in [0.1, 0.15) is 5.69 Å². The van der Waals surface area contributed by atoms with E-state index >= 15 is 0 Å². The van der Waals surface area contributed by atoms with Crippen LogP contribution >= 0.6 is 0 Å². The number of hydrogen-bond acceptors (Lipinski definition) is 4. The van der Waals surface area contributed by atoms with Crippen molar-refractivity contribution >= 4 is 17.6 Å². The van der Waals surface area contributed by atoms with Crippen LogP contribution in [0.5, 0.6) is 0 Å². The predicted molar refractivity (Wildman–Crippen MR) is 71.5 cm³/mol. The van der Waals surface area contributed by atoms with Gasteiger partial charge in [0.05, 0.1) is 0 Å². The first kappa shape index (κ1) is 13.7. The molecular weight excluding hydrogens is 262 g/mol. The van der Waals surface area contributed by atoms with E-state index in [0.717, 1.165) is 31.4 Å². The standard InChI is InChI=1S/C13H17N5.ClH/c14-11-16-12(15)18(10-6-2-1-3-7-10)13(17-11)8-4-5-9-13;/h1-3,6-7H,4-5,8-9H2,(H4,14,15,16,17);1H. The molecule has 1 aliphatic heterocycles. The van der Waals surface area contributed by atoms with E-state index in [0.29, 0.717) is 11.9 Å². The third-order valence-corrected chi connectivity index (χ3v) is 3.66. The number of hydrogen-bond donors (Lipinski definition) is 3. The van der Waals surface area contributed by atoms with Crippen molar-refractivity contribution in [1.82, 2.24) is 5.32 Å². The Bertz CT molecular complexity index is 517. The van der Waals surface area contributed by atoms with Crippen molar-refractivity contribution in [2.75, 3.05) is 0 Å². The van der Waals surface area contributed by atoms with Crippen LogP contribution in [0, 0.1) is 0 Å². The van der Waals surface area contributed by atoms with Gasteiger partial charge in [-0.1, -0.05) is 18.2 Å². The molecule has 102 valence electrons. The number of nitrogens with two attached hydrogens (primary N) is 2. The zero-order chi connectivity index (χ0) is 12.6. The number of rotatable bonds is 1. The SMILES string of the molecule is NC1=NC2(CCCC2)[N+](c2ccccc2)=C(N)N1.[Cl-]. The van der Waals surface area contributed by atoms with Crippen LogP contribution in [0.1, 0.15) is 25.7 Å². The molecule has 1 aromatic carbocycles. The maximum absolute atomic E-state index is 6.13. The van der Waals surface area contributed by atoms with Gasteiger partial charge in [-0.15, -0.1) is 0 Å². The van der Waals surface area contributed by atoms with Crippen molar-refractivity contribution in [3.8, 4) is 0 Å². The van der Waals surface area contributed by atoms with E-state index in [1.54, 1.807) is 0 Å². The molecule has 1 aromatic rings. The number of nitrogens with one attached hydrogen (secondary N) is 1. The number of benzene rings is 1. The Morgan fingerprint density at radius 2 is 1.74 bits per heavy atom. The van der Waals surface area contributed by atoms with Crippen LogP contribution in [-0.4, -0.2) is 22.2 Å². The van der Waals surface area contributed by atoms with Gasteiger partial charge in [-0.3, -0.25) is 5.73 Å². The van der Waals surface area contributed by atoms with Crippen LogP contribution in [0.3, 0.4) is 0 Å². The minimum Gasteiger partial charge on any atom is -1.00 e. The number of para-hydroxylation sites is 1. The molecule has 0 atom stereocenters. The van der Waals surface area contributed by atoms with Gasteiger partial charge in [0.15, 0.2) is 5.66 Å². The molecule has 6 heteroatoms. The Morgan fingerprint density at radius 1 is 1.11 bits per heavy atom. The van der Waals surface area contributed by atoms with E-state index in [1.807, 2.05) is 30.3 Å². The molecule has 0 saturated heterocycles. The summed E-state index contributed by atoms with van der Waals surface area (Å²) >= 11 is 0. The molecule has 0 bridgehead atoms. The van der Waals surface area contributed by atoms with Gasteiger partial charge >= 0.3 is 5.96 Å². The van der Waals surface area contributed by atoms with Crippen molar-refractivity contribution in [2.45, 2.75) is 31.3 Å². The lowest BCUT2D eigenvalue weighted by Crippen LogP contribution is -3.00. The van der Waals surface area contributed by atoms with Gasteiger partial charge in [-0.25, -0.2) is 9.89 Å². The van der Waals surface area contributed by atoms with Crippen LogP contribution in [-0.2, 0) is 0 Å². The van der Waals surface area contributed by atoms with Crippen LogP contribution in [0.25, 0.3) is 0 Å². The molecule has 0 unspecified atom stereocenters. The molecule has 1 saturated carbocycles. The normalized spacial score (nSPS) is 20.7. The summed E-state index contributed by atoms with van der Waals surface area (Å²) in [6, 6.07) is 10.1. The van der Waals surface area contributed by atoms with Crippen molar-refractivity contribution in [2.24, 2.45) is 16.5 Å². The lowest BCUT2D eigenvalue weighted by Gasteiger charge is -2.31. The second kappa shape index (κ2) is 5.09. The van der Waals surface area contributed by atoms with E-state index in [1.165, 1.54) is 0 Å². The van der Waals surface area contributed by atoms with E-state index in [2.05, 4.69) is 14.9 Å². The summed E-state index contributed by atoms with van der Waals surface area (Å²) < 4.78 is 2.08. The second-order valence-electron chi connectivity index (χ2n) is 4.87. The van der Waals surface area contributed by atoms with E-state index in [9.17, 15) is 0 Å². The average molecular weight is 280 g/mol. The molecule has 1 spiro atoms. The highest BCUT2D eigenvalue weighted by atomic mass is 35.5. The first-order chi connectivity index (χ1) is 8.71. The van der Waals surface area contributed by atoms with Crippen LogP contribution in [0.4, 0.5) is 5.69 Å². The van der Waals surface area contributed by atoms with Gasteiger partial charge in [-0.05, 0) is 25.0 Å². The molecule has 1 heterocycles. The van der Waals surface area contributed by atoms with E-state index in [-0.39, 0.29) is 18.1 Å². The average Bonchev–Trinajstić information content (AvgIpc) is 2.78. The van der Waals surface area contributed by atoms with Gasteiger partial charge in [0.25, 0.3) is 5.96 Å². The molecule has 1 fully saturated rings. The first-order valence-corrected chi connectivity index (χ1v) is 6.31. The Hall–Kier alpha value is -1.75. The molecule has 3 rings (SSSR count). The number of nitrogens with zero attached hydrogens (tertiary/aromatic N) is 2. The number of aliphatic imine (C=N–C) groups is 1. The topological polar surface area (TPSA) is 79.4 Å². The maximum Gasteiger partial charge on any atom is 0.357 e. The Kier molecular flexibility index (Phi) is 3.66. The fourth-order valence-corrected chi connectivity index (χ4v) is 2.95. The quantitative estimate of drug-likeness (QED) is 0.512. The molecule has 5 nitrogen and oxygen atoms in total. The molecular formula is C13H18ClN5. The monoisotopic (exact) mass is 279 g/mol. The lowest BCUT2D eigenvalue weighted by atomic mass is 10.1. The molecule has 5 N–H and O–H groups in total. The molecule has 19 heavy (non-hydrogen) atoms. The third kappa shape index (κ3) is 2.26. The van der Waals surface area contributed by atoms with Crippen molar-refractivity contribution in [1.29, 1.82) is 0 Å². The summed E-state index contributed by atoms with van der Waals surface area (Å²) in [5, 5.41) is 2.93. The second-order valence-corrected chi connectivity index (χ2v) is 4.87. The van der Waals surface area contributed by atoms with E-state index < -0.39 is 0 Å². The smallest absolute Gasteiger partial charge is 0.357 e. The highest BCUT2D eigenvalue weighted by molar-refractivity contribution is 5.96. The first-order valence-electron chi connectivity index (χ1n) is 6.31. The zero-order valence-corrected chi connectivity index (χ0v) is 11.4. The summed E-state index contributed by atoms with van der Waals surface area (Å²) in [7, 11) is 0. The number of guanidine groups is 2. The maximum atomic E-state index is 6.13. The minimum absolute atomic E-state index is 0. The van der Waals surface area contributed by atoms with Crippen molar-refractivity contribution in [3.63, 3.8) is 0 Å². The lowest BCUT2D eigenvalue weighted by molar-refractivity contribution is -0.535. The van der Waals surface area contributed by atoms with Gasteiger partial charge in [0, 0.05) is 12.8 Å². The molecule has 0 amide bonds. The fourth-order valence-electron chi connectivity index (χ4n) is 2.95. The predicted octanol–water partition coefficient (Wildman–Crippen LogP) is -2.16. The Labute approximate surface area is 118 Å². The third-order valence-electron chi connectivity index (χ3n) is 3.66. The highest BCUT2D eigenvalue weighted by Crippen LogP contribution is 2.38. The summed E-state index contributed by atoms with van der Waals surface area (Å²) in [6.45, 7) is 0. The fraction of sp³-hybridized carbons (Fsp3) is 0.385. The van der Waals surface area contributed by atoms with Gasteiger partial charge < -0.3 is 18.1 Å². The zero-order valence-electron chi connectivity index (χ0n) is 10.6. The van der Waals surface area contributed by atoms with Crippen LogP contribution < -0.4 is 29.2 Å². The summed E-state index contributed by atoms with van der Waals surface area (Å²) in [6.07, 6.45) is 4.30. The number of halogens is 1. The van der Waals surface area contributed by atoms with Crippen LogP contribution in [0.15, 0.2) is 35.3 Å². The summed E-state index contributed by atoms with van der Waals surface area (Å²) in [5.74, 6) is 0.984. The molecule has 0 radical (unpaired) electrons. The Balaban J connectivity index is 0.00000133. The summed E-state index contributed by atoms with van der Waals surface area (Å²) in [4.78, 5) is 4.63. The van der Waals surface area contributed by atoms with Gasteiger partial charge in [0.2, 0.25) is 0 Å². The van der Waals surface area contributed by atoms with Gasteiger partial charge in [-0.2, -0.15) is 4.99 Å². The highest BCUT2D eigenvalue weighted by Gasteiger charge is 2.44. The van der Waals surface area contributed by atoms with Crippen molar-refractivity contribution in [3.05, 3.63) is 30.3 Å². The molecule has 0 aromatic heterocycles. The summed E-state index contributed by atoms with van der Waals surface area (Å²) in [5.41, 5.74) is 12.7. The van der Waals surface area contributed by atoms with E-state index in [4.69, 9.17) is 11.5 Å². The van der Waals surface area contributed by atoms with Crippen LogP contribution in [0.2, 0.25) is 0 Å². The largest absolute Gasteiger partial charge is 1.00 e. The van der Waals surface area contributed by atoms with Crippen molar-refractivity contribution < 1.29 is 17.0 Å². The Morgan fingerprint density at radius 3 is 2.37 bits per heavy atom.